The minimum absolute atomic E-state index is 0.00215. The van der Waals surface area contributed by atoms with E-state index in [0.717, 1.165) is 38.5 Å². The third kappa shape index (κ3) is 47.2. The summed E-state index contributed by atoms with van der Waals surface area (Å²) in [6.45, 7) is 4.66. The number of hydrogen-bond donors (Lipinski definition) is 2. The van der Waals surface area contributed by atoms with Crippen molar-refractivity contribution in [2.45, 2.75) is 283 Å². The SMILES string of the molecule is CCCCCCCCCCCCCCCCCCCCCCCCCCCCCC/C=C/C(O)C(COP(=O)([O-])OCC[N+](C)(C)C)NC(=O)CCCCCCCCCCCC. The van der Waals surface area contributed by atoms with E-state index in [2.05, 4.69) is 19.2 Å². The normalized spacial score (nSPS) is 14.1. The van der Waals surface area contributed by atoms with Gasteiger partial charge in [0.15, 0.2) is 0 Å². The fourth-order valence-corrected chi connectivity index (χ4v) is 8.94. The molecule has 3 unspecified atom stereocenters. The highest BCUT2D eigenvalue weighted by Crippen LogP contribution is 2.38. The van der Waals surface area contributed by atoms with E-state index in [4.69, 9.17) is 9.05 Å². The van der Waals surface area contributed by atoms with Crippen molar-refractivity contribution in [1.29, 1.82) is 0 Å². The third-order valence-corrected chi connectivity index (χ3v) is 13.5. The van der Waals surface area contributed by atoms with Crippen LogP contribution >= 0.6 is 7.82 Å². The van der Waals surface area contributed by atoms with Crippen LogP contribution in [0.3, 0.4) is 0 Å². The minimum Gasteiger partial charge on any atom is -0.756 e. The number of hydrogen-bond acceptors (Lipinski definition) is 6. The molecule has 0 aliphatic heterocycles. The number of nitrogens with zero attached hydrogens (tertiary/aromatic N) is 1. The molecule has 0 heterocycles. The van der Waals surface area contributed by atoms with Gasteiger partial charge >= 0.3 is 0 Å². The molecular formula is C53H107N2O6P. The van der Waals surface area contributed by atoms with Crippen LogP contribution in [0.15, 0.2) is 12.2 Å². The van der Waals surface area contributed by atoms with Gasteiger partial charge in [-0.15, -0.1) is 0 Å². The second-order valence-electron chi connectivity index (χ2n) is 19.9. The molecule has 0 radical (unpaired) electrons. The maximum atomic E-state index is 12.8. The first-order chi connectivity index (χ1) is 30.0. The highest BCUT2D eigenvalue weighted by molar-refractivity contribution is 7.45. The number of nitrogens with one attached hydrogen (secondary N) is 1. The summed E-state index contributed by atoms with van der Waals surface area (Å²) in [6.07, 6.45) is 54.4. The Kier molecular flexibility index (Phi) is 44.8. The van der Waals surface area contributed by atoms with Crippen molar-refractivity contribution in [2.75, 3.05) is 40.9 Å². The number of carbonyl (C=O) groups excluding carboxylic acids is 1. The predicted molar refractivity (Wildman–Crippen MR) is 266 cm³/mol. The molecule has 0 aromatic carbocycles. The number of likely N-dealkylation sites (N-methyl/N-ethyl adjacent to an activating group) is 1. The van der Waals surface area contributed by atoms with Gasteiger partial charge in [-0.25, -0.2) is 0 Å². The Bertz CT molecular complexity index is 1020. The quantitative estimate of drug-likeness (QED) is 0.0272. The number of phosphoric ester groups is 1. The number of carbonyl (C=O) groups is 1. The van der Waals surface area contributed by atoms with Crippen molar-refractivity contribution in [1.82, 2.24) is 5.32 Å². The maximum Gasteiger partial charge on any atom is 0.268 e. The van der Waals surface area contributed by atoms with Gasteiger partial charge in [0.2, 0.25) is 5.91 Å². The van der Waals surface area contributed by atoms with Crippen molar-refractivity contribution in [2.24, 2.45) is 0 Å². The van der Waals surface area contributed by atoms with Crippen molar-refractivity contribution >= 4 is 13.7 Å². The van der Waals surface area contributed by atoms with Crippen molar-refractivity contribution in [3.05, 3.63) is 12.2 Å². The molecule has 0 rings (SSSR count). The van der Waals surface area contributed by atoms with Crippen LogP contribution in [0, 0.1) is 0 Å². The van der Waals surface area contributed by atoms with Crippen molar-refractivity contribution in [3.8, 4) is 0 Å². The summed E-state index contributed by atoms with van der Waals surface area (Å²) in [5.41, 5.74) is 0. The van der Waals surface area contributed by atoms with E-state index in [0.29, 0.717) is 17.4 Å². The third-order valence-electron chi connectivity index (χ3n) is 12.5. The number of amides is 1. The van der Waals surface area contributed by atoms with E-state index < -0.39 is 20.0 Å². The lowest BCUT2D eigenvalue weighted by atomic mass is 10.0. The number of rotatable bonds is 50. The first-order valence-electron chi connectivity index (χ1n) is 27.1. The van der Waals surface area contributed by atoms with Crippen molar-refractivity contribution in [3.63, 3.8) is 0 Å². The average molecular weight is 899 g/mol. The number of allylic oxidation sites excluding steroid dienone is 1. The second kappa shape index (κ2) is 45.4. The molecule has 0 spiro atoms. The Hall–Kier alpha value is -0.760. The summed E-state index contributed by atoms with van der Waals surface area (Å²) in [5, 5.41) is 13.8. The van der Waals surface area contributed by atoms with Crippen LogP contribution in [0.2, 0.25) is 0 Å². The fourth-order valence-electron chi connectivity index (χ4n) is 8.21. The van der Waals surface area contributed by atoms with Crippen LogP contribution in [0.5, 0.6) is 0 Å². The highest BCUT2D eigenvalue weighted by Gasteiger charge is 2.23. The predicted octanol–water partition coefficient (Wildman–Crippen LogP) is 15.2. The summed E-state index contributed by atoms with van der Waals surface area (Å²) >= 11 is 0. The van der Waals surface area contributed by atoms with E-state index in [1.165, 1.54) is 212 Å². The molecule has 370 valence electrons. The van der Waals surface area contributed by atoms with Crippen LogP contribution in [0.1, 0.15) is 271 Å². The van der Waals surface area contributed by atoms with E-state index in [1.54, 1.807) is 6.08 Å². The van der Waals surface area contributed by atoms with Gasteiger partial charge in [-0.2, -0.15) is 0 Å². The topological polar surface area (TPSA) is 108 Å². The molecule has 0 aromatic rings. The zero-order valence-corrected chi connectivity index (χ0v) is 43.0. The van der Waals surface area contributed by atoms with E-state index in [9.17, 15) is 19.4 Å². The first kappa shape index (κ1) is 61.2. The molecule has 0 saturated carbocycles. The zero-order chi connectivity index (χ0) is 45.7. The van der Waals surface area contributed by atoms with Crippen LogP contribution in [-0.4, -0.2) is 68.5 Å². The summed E-state index contributed by atoms with van der Waals surface area (Å²) < 4.78 is 23.2. The zero-order valence-electron chi connectivity index (χ0n) is 42.1. The second-order valence-corrected chi connectivity index (χ2v) is 21.4. The molecule has 3 atom stereocenters. The molecule has 2 N–H and O–H groups in total. The summed E-state index contributed by atoms with van der Waals surface area (Å²) in [6, 6.07) is -0.880. The minimum atomic E-state index is -4.58. The maximum absolute atomic E-state index is 12.8. The van der Waals surface area contributed by atoms with Crippen LogP contribution in [0.4, 0.5) is 0 Å². The Morgan fingerprint density at radius 2 is 0.871 bits per heavy atom. The van der Waals surface area contributed by atoms with E-state index in [1.807, 2.05) is 27.2 Å². The van der Waals surface area contributed by atoms with Gasteiger partial charge in [0.05, 0.1) is 39.9 Å². The van der Waals surface area contributed by atoms with Gasteiger partial charge in [-0.1, -0.05) is 257 Å². The van der Waals surface area contributed by atoms with E-state index in [-0.39, 0.29) is 19.1 Å². The van der Waals surface area contributed by atoms with Gasteiger partial charge in [0.25, 0.3) is 7.82 Å². The molecule has 62 heavy (non-hydrogen) atoms. The molecule has 1 amide bonds. The van der Waals surface area contributed by atoms with Gasteiger partial charge in [0.1, 0.15) is 13.2 Å². The first-order valence-corrected chi connectivity index (χ1v) is 28.5. The summed E-state index contributed by atoms with van der Waals surface area (Å²) in [4.78, 5) is 25.3. The Labute approximate surface area is 386 Å². The lowest BCUT2D eigenvalue weighted by molar-refractivity contribution is -0.870. The number of aliphatic hydroxyl groups is 1. The number of aliphatic hydroxyl groups excluding tert-OH is 1. The van der Waals surface area contributed by atoms with Gasteiger partial charge in [-0.3, -0.25) is 9.36 Å². The van der Waals surface area contributed by atoms with Crippen molar-refractivity contribution < 1.29 is 32.9 Å². The molecule has 9 heteroatoms. The van der Waals surface area contributed by atoms with Gasteiger partial charge in [-0.05, 0) is 19.3 Å². The molecule has 0 aliphatic rings. The molecule has 0 aromatic heterocycles. The number of quaternary nitrogens is 1. The molecule has 0 fully saturated rings. The average Bonchev–Trinajstić information content (AvgIpc) is 3.23. The fraction of sp³-hybridized carbons (Fsp3) is 0.943. The van der Waals surface area contributed by atoms with Crippen LogP contribution in [0.25, 0.3) is 0 Å². The largest absolute Gasteiger partial charge is 0.756 e. The summed E-state index contributed by atoms with van der Waals surface area (Å²) in [7, 11) is 1.27. The van der Waals surface area contributed by atoms with E-state index >= 15 is 0 Å². The molecule has 0 saturated heterocycles. The standard InChI is InChI=1S/C53H107N2O6P/c1-6-8-10-12-14-16-18-19-20-21-22-23-24-25-26-27-28-29-30-31-32-33-34-35-36-37-38-40-42-44-46-52(56)51(50-61-62(58,59)60-49-48-55(3,4)5)54-53(57)47-45-43-41-39-17-15-13-11-9-7-2/h44,46,51-52,56H,6-43,45,47-50H2,1-5H3,(H-,54,57,58,59)/b46-44+. The molecule has 8 nitrogen and oxygen atoms in total. The molecular weight excluding hydrogens is 792 g/mol. The monoisotopic (exact) mass is 899 g/mol. The van der Waals surface area contributed by atoms with Gasteiger partial charge in [0, 0.05) is 6.42 Å². The number of unbranched alkanes of at least 4 members (excludes halogenated alkanes) is 37. The van der Waals surface area contributed by atoms with Crippen LogP contribution in [-0.2, 0) is 18.4 Å². The van der Waals surface area contributed by atoms with Crippen LogP contribution < -0.4 is 10.2 Å². The Balaban J connectivity index is 4.03. The lowest BCUT2D eigenvalue weighted by Crippen LogP contribution is -2.45. The lowest BCUT2D eigenvalue weighted by Gasteiger charge is -2.29. The smallest absolute Gasteiger partial charge is 0.268 e. The summed E-state index contributed by atoms with van der Waals surface area (Å²) in [5.74, 6) is -0.196. The Morgan fingerprint density at radius 1 is 0.548 bits per heavy atom. The highest BCUT2D eigenvalue weighted by atomic mass is 31.2. The molecule has 0 bridgehead atoms. The Morgan fingerprint density at radius 3 is 1.21 bits per heavy atom. The molecule has 0 aliphatic carbocycles. The number of phosphoric acid groups is 1. The van der Waals surface area contributed by atoms with Gasteiger partial charge < -0.3 is 28.8 Å².